The van der Waals surface area contributed by atoms with E-state index < -0.39 is 5.60 Å². The van der Waals surface area contributed by atoms with E-state index >= 15 is 0 Å². The normalized spacial score (nSPS) is 12.8. The molecule has 1 rings (SSSR count). The van der Waals surface area contributed by atoms with E-state index in [9.17, 15) is 4.79 Å². The number of carbonyl (C=O) groups excluding carboxylic acids is 1. The molecule has 5 nitrogen and oxygen atoms in total. The van der Waals surface area contributed by atoms with Crippen LogP contribution in [0.25, 0.3) is 0 Å². The van der Waals surface area contributed by atoms with Crippen molar-refractivity contribution in [1.82, 2.24) is 15.6 Å². The first-order valence-corrected chi connectivity index (χ1v) is 7.42. The number of pyridine rings is 1. The Kier molecular flexibility index (Phi) is 6.62. The van der Waals surface area contributed by atoms with Crippen molar-refractivity contribution in [1.29, 1.82) is 0 Å². The van der Waals surface area contributed by atoms with E-state index in [1.807, 2.05) is 46.0 Å². The van der Waals surface area contributed by atoms with Crippen LogP contribution in [0.1, 0.15) is 45.4 Å². The van der Waals surface area contributed by atoms with E-state index in [1.165, 1.54) is 0 Å². The van der Waals surface area contributed by atoms with Gasteiger partial charge in [-0.25, -0.2) is 4.79 Å². The second kappa shape index (κ2) is 7.98. The largest absolute Gasteiger partial charge is 0.444 e. The molecule has 0 bridgehead atoms. The Labute approximate surface area is 127 Å². The highest BCUT2D eigenvalue weighted by molar-refractivity contribution is 5.67. The van der Waals surface area contributed by atoms with E-state index in [4.69, 9.17) is 4.74 Å². The van der Waals surface area contributed by atoms with E-state index in [-0.39, 0.29) is 12.1 Å². The van der Waals surface area contributed by atoms with Crippen molar-refractivity contribution in [3.63, 3.8) is 0 Å². The summed E-state index contributed by atoms with van der Waals surface area (Å²) in [7, 11) is 0. The lowest BCUT2D eigenvalue weighted by Gasteiger charge is -2.22. The second-order valence-electron chi connectivity index (χ2n) is 6.20. The number of alkyl carbamates (subject to hydrolysis) is 1. The third-order valence-electron chi connectivity index (χ3n) is 2.93. The number of nitrogens with one attached hydrogen (secondary N) is 2. The summed E-state index contributed by atoms with van der Waals surface area (Å²) < 4.78 is 5.22. The third kappa shape index (κ3) is 7.66. The first-order valence-electron chi connectivity index (χ1n) is 7.42. The van der Waals surface area contributed by atoms with E-state index in [0.29, 0.717) is 13.1 Å². The Morgan fingerprint density at radius 1 is 1.38 bits per heavy atom. The molecule has 0 saturated heterocycles. The van der Waals surface area contributed by atoms with Crippen molar-refractivity contribution in [2.45, 2.75) is 59.2 Å². The summed E-state index contributed by atoms with van der Waals surface area (Å²) in [4.78, 5) is 16.0. The number of rotatable bonds is 6. The molecule has 1 aromatic heterocycles. The maximum atomic E-state index is 11.6. The van der Waals surface area contributed by atoms with Crippen molar-refractivity contribution in [3.8, 4) is 0 Å². The molecule has 5 heteroatoms. The average molecular weight is 293 g/mol. The fourth-order valence-corrected chi connectivity index (χ4v) is 1.73. The second-order valence-corrected chi connectivity index (χ2v) is 6.20. The topological polar surface area (TPSA) is 63.2 Å². The number of aryl methyl sites for hydroxylation is 1. The van der Waals surface area contributed by atoms with Crippen molar-refractivity contribution >= 4 is 6.09 Å². The highest BCUT2D eigenvalue weighted by Crippen LogP contribution is 2.06. The minimum absolute atomic E-state index is 0.195. The van der Waals surface area contributed by atoms with Crippen LogP contribution in [-0.2, 0) is 11.3 Å². The fourth-order valence-electron chi connectivity index (χ4n) is 1.73. The van der Waals surface area contributed by atoms with Crippen molar-refractivity contribution < 1.29 is 9.53 Å². The van der Waals surface area contributed by atoms with Crippen LogP contribution in [0.2, 0.25) is 0 Å². The molecule has 1 atom stereocenters. The lowest BCUT2D eigenvalue weighted by molar-refractivity contribution is 0.0522. The van der Waals surface area contributed by atoms with Crippen LogP contribution in [0.4, 0.5) is 4.79 Å². The smallest absolute Gasteiger partial charge is 0.407 e. The zero-order valence-electron chi connectivity index (χ0n) is 13.7. The van der Waals surface area contributed by atoms with Crippen molar-refractivity contribution in [2.75, 3.05) is 6.54 Å². The zero-order valence-corrected chi connectivity index (χ0v) is 13.7. The van der Waals surface area contributed by atoms with Crippen LogP contribution in [0.5, 0.6) is 0 Å². The molecule has 1 heterocycles. The molecule has 0 fully saturated rings. The number of ether oxygens (including phenoxy) is 1. The number of amides is 1. The van der Waals surface area contributed by atoms with Gasteiger partial charge in [-0.1, -0.05) is 13.0 Å². The lowest BCUT2D eigenvalue weighted by atomic mass is 10.2. The van der Waals surface area contributed by atoms with Gasteiger partial charge < -0.3 is 15.4 Å². The summed E-state index contributed by atoms with van der Waals surface area (Å²) in [6.45, 7) is 10.9. The van der Waals surface area contributed by atoms with Crippen LogP contribution >= 0.6 is 0 Å². The van der Waals surface area contributed by atoms with E-state index in [0.717, 1.165) is 17.7 Å². The van der Waals surface area contributed by atoms with Gasteiger partial charge in [0, 0.05) is 25.3 Å². The minimum atomic E-state index is -0.467. The monoisotopic (exact) mass is 293 g/mol. The molecule has 1 amide bonds. The van der Waals surface area contributed by atoms with Crippen LogP contribution in [0.15, 0.2) is 18.3 Å². The molecule has 0 aliphatic heterocycles. The highest BCUT2D eigenvalue weighted by Gasteiger charge is 2.16. The number of hydrogen-bond acceptors (Lipinski definition) is 4. The summed E-state index contributed by atoms with van der Waals surface area (Å²) >= 11 is 0. The quantitative estimate of drug-likeness (QED) is 0.846. The SMILES string of the molecule is CCC(CNC(=O)OC(C)(C)C)NCc1ccc(C)cn1. The Bertz CT molecular complexity index is 438. The van der Waals surface area contributed by atoms with Crippen molar-refractivity contribution in [2.24, 2.45) is 0 Å². The molecule has 0 aliphatic rings. The van der Waals surface area contributed by atoms with Crippen LogP contribution in [0.3, 0.4) is 0 Å². The first kappa shape index (κ1) is 17.4. The lowest BCUT2D eigenvalue weighted by Crippen LogP contribution is -2.42. The number of hydrogen-bond donors (Lipinski definition) is 2. The Balaban J connectivity index is 2.34. The van der Waals surface area contributed by atoms with Gasteiger partial charge in [0.1, 0.15) is 5.60 Å². The molecule has 1 aromatic rings. The molecular weight excluding hydrogens is 266 g/mol. The average Bonchev–Trinajstić information content (AvgIpc) is 2.39. The van der Waals surface area contributed by atoms with Crippen LogP contribution in [0, 0.1) is 6.92 Å². The molecule has 0 aliphatic carbocycles. The molecule has 0 spiro atoms. The third-order valence-corrected chi connectivity index (χ3v) is 2.93. The molecule has 0 radical (unpaired) electrons. The number of aromatic nitrogens is 1. The van der Waals surface area contributed by atoms with Crippen LogP contribution < -0.4 is 10.6 Å². The fraction of sp³-hybridized carbons (Fsp3) is 0.625. The molecule has 0 aromatic carbocycles. The summed E-state index contributed by atoms with van der Waals surface area (Å²) in [6, 6.07) is 4.25. The zero-order chi connectivity index (χ0) is 15.9. The molecule has 21 heavy (non-hydrogen) atoms. The summed E-state index contributed by atoms with van der Waals surface area (Å²) in [5, 5.41) is 6.18. The van der Waals surface area contributed by atoms with Crippen molar-refractivity contribution in [3.05, 3.63) is 29.6 Å². The molecule has 2 N–H and O–H groups in total. The number of nitrogens with zero attached hydrogens (tertiary/aromatic N) is 1. The van der Waals surface area contributed by atoms with Gasteiger partial charge in [-0.15, -0.1) is 0 Å². The standard InChI is InChI=1S/C16H27N3O2/c1-6-13(10-19-15(20)21-16(3,4)5)18-11-14-8-7-12(2)9-17-14/h7-9,13,18H,6,10-11H2,1-5H3,(H,19,20). The van der Waals surface area contributed by atoms with Gasteiger partial charge in [0.25, 0.3) is 0 Å². The Hall–Kier alpha value is -1.62. The summed E-state index contributed by atoms with van der Waals surface area (Å²) in [5.41, 5.74) is 1.68. The predicted octanol–water partition coefficient (Wildman–Crippen LogP) is 2.78. The maximum absolute atomic E-state index is 11.6. The molecule has 0 saturated carbocycles. The summed E-state index contributed by atoms with van der Waals surface area (Å²) in [6.07, 6.45) is 2.40. The molecule has 1 unspecified atom stereocenters. The first-order chi connectivity index (χ1) is 9.80. The van der Waals surface area contributed by atoms with Gasteiger partial charge >= 0.3 is 6.09 Å². The van der Waals surface area contributed by atoms with Gasteiger partial charge in [0.2, 0.25) is 0 Å². The molecule has 118 valence electrons. The van der Waals surface area contributed by atoms with Crippen LogP contribution in [-0.4, -0.2) is 29.3 Å². The van der Waals surface area contributed by atoms with Gasteiger partial charge in [-0.05, 0) is 45.7 Å². The van der Waals surface area contributed by atoms with Gasteiger partial charge in [0.15, 0.2) is 0 Å². The Morgan fingerprint density at radius 3 is 2.62 bits per heavy atom. The summed E-state index contributed by atoms with van der Waals surface area (Å²) in [5.74, 6) is 0. The Morgan fingerprint density at radius 2 is 2.10 bits per heavy atom. The van der Waals surface area contributed by atoms with Gasteiger partial charge in [-0.3, -0.25) is 4.98 Å². The van der Waals surface area contributed by atoms with E-state index in [2.05, 4.69) is 22.5 Å². The van der Waals surface area contributed by atoms with Gasteiger partial charge in [0.05, 0.1) is 5.69 Å². The van der Waals surface area contributed by atoms with Gasteiger partial charge in [-0.2, -0.15) is 0 Å². The van der Waals surface area contributed by atoms with E-state index in [1.54, 1.807) is 0 Å². The predicted molar refractivity (Wildman–Crippen MR) is 84.1 cm³/mol. The minimum Gasteiger partial charge on any atom is -0.444 e. The maximum Gasteiger partial charge on any atom is 0.407 e. The number of carbonyl (C=O) groups is 1. The highest BCUT2D eigenvalue weighted by atomic mass is 16.6. The molecular formula is C16H27N3O2.